The lowest BCUT2D eigenvalue weighted by atomic mass is 9.49. The Bertz CT molecular complexity index is 742. The SMILES string of the molecule is O=C(CCNC(=O)CNC(=O)CC12CC3CC(CC(C3)C1)C2)NCc1ccccc1. The van der Waals surface area contributed by atoms with E-state index in [0.29, 0.717) is 13.0 Å². The molecule has 0 atom stereocenters. The molecule has 4 fully saturated rings. The molecule has 6 nitrogen and oxygen atoms in total. The van der Waals surface area contributed by atoms with E-state index in [1.807, 2.05) is 30.3 Å². The molecule has 1 aromatic rings. The Morgan fingerprint density at radius 2 is 1.43 bits per heavy atom. The molecule has 0 aliphatic heterocycles. The average molecular weight is 412 g/mol. The number of amides is 3. The third-order valence-corrected chi connectivity index (χ3v) is 7.15. The first-order valence-electron chi connectivity index (χ1n) is 11.3. The summed E-state index contributed by atoms with van der Waals surface area (Å²) in [6.45, 7) is 0.731. The minimum atomic E-state index is -0.246. The van der Waals surface area contributed by atoms with Crippen molar-refractivity contribution < 1.29 is 14.4 Å². The van der Waals surface area contributed by atoms with Crippen LogP contribution in [0.4, 0.5) is 0 Å². The summed E-state index contributed by atoms with van der Waals surface area (Å²) in [7, 11) is 0. The van der Waals surface area contributed by atoms with Gasteiger partial charge in [-0.15, -0.1) is 0 Å². The van der Waals surface area contributed by atoms with Gasteiger partial charge in [0.1, 0.15) is 0 Å². The first-order valence-corrected chi connectivity index (χ1v) is 11.3. The Kier molecular flexibility index (Phi) is 6.40. The fraction of sp³-hybridized carbons (Fsp3) is 0.625. The zero-order valence-corrected chi connectivity index (χ0v) is 17.6. The molecule has 0 heterocycles. The summed E-state index contributed by atoms with van der Waals surface area (Å²) in [6.07, 6.45) is 8.45. The van der Waals surface area contributed by atoms with Gasteiger partial charge >= 0.3 is 0 Å². The van der Waals surface area contributed by atoms with Gasteiger partial charge in [-0.1, -0.05) is 30.3 Å². The van der Waals surface area contributed by atoms with Gasteiger partial charge < -0.3 is 16.0 Å². The Balaban J connectivity index is 1.10. The quantitative estimate of drug-likeness (QED) is 0.584. The largest absolute Gasteiger partial charge is 0.354 e. The van der Waals surface area contributed by atoms with Crippen LogP contribution in [0, 0.1) is 23.2 Å². The van der Waals surface area contributed by atoms with E-state index in [2.05, 4.69) is 16.0 Å². The number of rotatable bonds is 9. The van der Waals surface area contributed by atoms with Crippen molar-refractivity contribution in [1.29, 1.82) is 0 Å². The summed E-state index contributed by atoms with van der Waals surface area (Å²) in [5, 5.41) is 8.34. The molecule has 6 heteroatoms. The van der Waals surface area contributed by atoms with Crippen molar-refractivity contribution in [3.05, 3.63) is 35.9 Å². The van der Waals surface area contributed by atoms with Crippen LogP contribution in [0.2, 0.25) is 0 Å². The van der Waals surface area contributed by atoms with Gasteiger partial charge in [-0.2, -0.15) is 0 Å². The molecular formula is C24H33N3O3. The van der Waals surface area contributed by atoms with Crippen LogP contribution in [-0.2, 0) is 20.9 Å². The Labute approximate surface area is 178 Å². The number of hydrogen-bond acceptors (Lipinski definition) is 3. The van der Waals surface area contributed by atoms with Crippen LogP contribution in [0.25, 0.3) is 0 Å². The van der Waals surface area contributed by atoms with Gasteiger partial charge in [0.25, 0.3) is 0 Å². The van der Waals surface area contributed by atoms with E-state index >= 15 is 0 Å². The number of carbonyl (C=O) groups is 3. The van der Waals surface area contributed by atoms with Crippen molar-refractivity contribution in [3.63, 3.8) is 0 Å². The van der Waals surface area contributed by atoms with Crippen LogP contribution in [0.3, 0.4) is 0 Å². The summed E-state index contributed by atoms with van der Waals surface area (Å²) in [4.78, 5) is 36.4. The second kappa shape index (κ2) is 9.19. The predicted octanol–water partition coefficient (Wildman–Crippen LogP) is 2.53. The first-order chi connectivity index (χ1) is 14.5. The van der Waals surface area contributed by atoms with Crippen molar-refractivity contribution in [2.75, 3.05) is 13.1 Å². The standard InChI is InChI=1S/C24H33N3O3/c28-21(26-15-17-4-2-1-3-5-17)6-7-25-23(30)16-27-22(29)14-24-11-18-8-19(12-24)10-20(9-18)13-24/h1-5,18-20H,6-16H2,(H,25,30)(H,26,28)(H,27,29). The van der Waals surface area contributed by atoms with Crippen LogP contribution < -0.4 is 16.0 Å². The minimum Gasteiger partial charge on any atom is -0.354 e. The molecule has 0 aromatic heterocycles. The minimum absolute atomic E-state index is 0.00676. The van der Waals surface area contributed by atoms with Gasteiger partial charge in [-0.3, -0.25) is 14.4 Å². The third-order valence-electron chi connectivity index (χ3n) is 7.15. The topological polar surface area (TPSA) is 87.3 Å². The molecule has 4 aliphatic rings. The molecule has 1 aromatic carbocycles. The third kappa shape index (κ3) is 5.41. The highest BCUT2D eigenvalue weighted by Crippen LogP contribution is 2.61. The molecule has 0 unspecified atom stereocenters. The highest BCUT2D eigenvalue weighted by molar-refractivity contribution is 5.85. The predicted molar refractivity (Wildman–Crippen MR) is 114 cm³/mol. The van der Waals surface area contributed by atoms with E-state index in [0.717, 1.165) is 23.3 Å². The molecular weight excluding hydrogens is 378 g/mol. The van der Waals surface area contributed by atoms with Crippen LogP contribution in [0.5, 0.6) is 0 Å². The lowest BCUT2D eigenvalue weighted by molar-refractivity contribution is -0.132. The molecule has 162 valence electrons. The number of hydrogen-bond donors (Lipinski definition) is 3. The summed E-state index contributed by atoms with van der Waals surface area (Å²) in [6, 6.07) is 9.70. The molecule has 30 heavy (non-hydrogen) atoms. The molecule has 4 bridgehead atoms. The Morgan fingerprint density at radius 1 is 0.800 bits per heavy atom. The zero-order valence-electron chi connectivity index (χ0n) is 17.6. The Morgan fingerprint density at radius 3 is 2.07 bits per heavy atom. The van der Waals surface area contributed by atoms with E-state index in [1.54, 1.807) is 0 Å². The second-order valence-electron chi connectivity index (χ2n) is 9.73. The maximum atomic E-state index is 12.5. The van der Waals surface area contributed by atoms with Crippen LogP contribution >= 0.6 is 0 Å². The lowest BCUT2D eigenvalue weighted by Gasteiger charge is -2.56. The Hall–Kier alpha value is -2.37. The van der Waals surface area contributed by atoms with Crippen molar-refractivity contribution in [3.8, 4) is 0 Å². The number of carbonyl (C=O) groups excluding carboxylic acids is 3. The van der Waals surface area contributed by atoms with Gasteiger partial charge in [0, 0.05) is 25.9 Å². The zero-order chi connectivity index (χ0) is 21.0. The monoisotopic (exact) mass is 411 g/mol. The smallest absolute Gasteiger partial charge is 0.239 e. The first kappa shape index (κ1) is 20.9. The van der Waals surface area contributed by atoms with Gasteiger partial charge in [-0.05, 0) is 67.3 Å². The molecule has 5 rings (SSSR count). The van der Waals surface area contributed by atoms with Gasteiger partial charge in [0.15, 0.2) is 0 Å². The summed E-state index contributed by atoms with van der Waals surface area (Å²) < 4.78 is 0. The van der Waals surface area contributed by atoms with Crippen molar-refractivity contribution in [2.45, 2.75) is 57.9 Å². The maximum absolute atomic E-state index is 12.5. The van der Waals surface area contributed by atoms with E-state index in [1.165, 1.54) is 38.5 Å². The van der Waals surface area contributed by atoms with E-state index in [-0.39, 0.29) is 42.6 Å². The van der Waals surface area contributed by atoms with E-state index in [9.17, 15) is 14.4 Å². The fourth-order valence-corrected chi connectivity index (χ4v) is 6.35. The highest BCUT2D eigenvalue weighted by Gasteiger charge is 2.51. The molecule has 0 saturated heterocycles. The second-order valence-corrected chi connectivity index (χ2v) is 9.73. The normalized spacial score (nSPS) is 28.7. The maximum Gasteiger partial charge on any atom is 0.239 e. The van der Waals surface area contributed by atoms with Gasteiger partial charge in [0.2, 0.25) is 17.7 Å². The molecule has 0 radical (unpaired) electrons. The molecule has 4 aliphatic carbocycles. The lowest BCUT2D eigenvalue weighted by Crippen LogP contribution is -2.48. The van der Waals surface area contributed by atoms with E-state index in [4.69, 9.17) is 0 Å². The summed E-state index contributed by atoms with van der Waals surface area (Å²) in [5.74, 6) is 2.10. The molecule has 3 amide bonds. The fourth-order valence-electron chi connectivity index (χ4n) is 6.35. The summed E-state index contributed by atoms with van der Waals surface area (Å²) in [5.41, 5.74) is 1.23. The number of nitrogens with one attached hydrogen (secondary N) is 3. The molecule has 0 spiro atoms. The number of benzene rings is 1. The van der Waals surface area contributed by atoms with Gasteiger partial charge in [-0.25, -0.2) is 0 Å². The summed E-state index contributed by atoms with van der Waals surface area (Å²) >= 11 is 0. The van der Waals surface area contributed by atoms with Crippen LogP contribution in [-0.4, -0.2) is 30.8 Å². The van der Waals surface area contributed by atoms with E-state index < -0.39 is 0 Å². The highest BCUT2D eigenvalue weighted by atomic mass is 16.2. The van der Waals surface area contributed by atoms with Gasteiger partial charge in [0.05, 0.1) is 6.54 Å². The van der Waals surface area contributed by atoms with Crippen LogP contribution in [0.15, 0.2) is 30.3 Å². The molecule has 3 N–H and O–H groups in total. The van der Waals surface area contributed by atoms with Crippen molar-refractivity contribution in [1.82, 2.24) is 16.0 Å². The molecule has 4 saturated carbocycles. The average Bonchev–Trinajstić information content (AvgIpc) is 2.70. The van der Waals surface area contributed by atoms with Crippen molar-refractivity contribution in [2.24, 2.45) is 23.2 Å². The van der Waals surface area contributed by atoms with Crippen LogP contribution in [0.1, 0.15) is 56.9 Å². The van der Waals surface area contributed by atoms with Crippen molar-refractivity contribution >= 4 is 17.7 Å².